The van der Waals surface area contributed by atoms with Crippen molar-refractivity contribution in [3.8, 4) is 5.75 Å². The molecule has 90 valence electrons. The number of aryl methyl sites for hydroxylation is 2. The van der Waals surface area contributed by atoms with Crippen molar-refractivity contribution >= 4 is 5.97 Å². The summed E-state index contributed by atoms with van der Waals surface area (Å²) in [4.78, 5) is 11.8. The molecule has 1 aromatic carbocycles. The van der Waals surface area contributed by atoms with Gasteiger partial charge in [0.05, 0.1) is 0 Å². The van der Waals surface area contributed by atoms with Gasteiger partial charge < -0.3 is 10.1 Å². The summed E-state index contributed by atoms with van der Waals surface area (Å²) in [5.74, 6) is 0.560. The molecule has 3 nitrogen and oxygen atoms in total. The van der Waals surface area contributed by atoms with E-state index in [0.29, 0.717) is 5.75 Å². The van der Waals surface area contributed by atoms with Gasteiger partial charge in [0.15, 0.2) is 0 Å². The zero-order chi connectivity index (χ0) is 11.7. The lowest BCUT2D eigenvalue weighted by Gasteiger charge is -2.10. The summed E-state index contributed by atoms with van der Waals surface area (Å²) >= 11 is 0. The van der Waals surface area contributed by atoms with Crippen LogP contribution < -0.4 is 10.1 Å². The number of benzene rings is 1. The van der Waals surface area contributed by atoms with Crippen LogP contribution in [-0.4, -0.2) is 18.6 Å². The monoisotopic (exact) mass is 231 g/mol. The number of ether oxygens (including phenoxy) is 1. The molecular formula is C14H17NO2. The van der Waals surface area contributed by atoms with Gasteiger partial charge in [-0.15, -0.1) is 0 Å². The Morgan fingerprint density at radius 2 is 2.12 bits per heavy atom. The van der Waals surface area contributed by atoms with E-state index in [0.717, 1.165) is 32.2 Å². The summed E-state index contributed by atoms with van der Waals surface area (Å²) in [6.07, 6.45) is 5.45. The molecule has 0 aromatic heterocycles. The summed E-state index contributed by atoms with van der Waals surface area (Å²) in [6.45, 7) is 0.921. The number of rotatable bonds is 2. The number of hydrogen-bond acceptors (Lipinski definition) is 3. The quantitative estimate of drug-likeness (QED) is 0.623. The van der Waals surface area contributed by atoms with Gasteiger partial charge in [-0.05, 0) is 61.9 Å². The maximum absolute atomic E-state index is 11.8. The Bertz CT molecular complexity index is 436. The van der Waals surface area contributed by atoms with Gasteiger partial charge in [-0.2, -0.15) is 0 Å². The minimum atomic E-state index is -0.138. The fourth-order valence-electron chi connectivity index (χ4n) is 2.68. The zero-order valence-corrected chi connectivity index (χ0v) is 9.87. The lowest BCUT2D eigenvalue weighted by atomic mass is 10.1. The van der Waals surface area contributed by atoms with E-state index >= 15 is 0 Å². The van der Waals surface area contributed by atoms with Crippen LogP contribution in [0.1, 0.15) is 30.4 Å². The molecule has 17 heavy (non-hydrogen) atoms. The van der Waals surface area contributed by atoms with E-state index in [1.54, 1.807) is 0 Å². The molecule has 0 radical (unpaired) electrons. The van der Waals surface area contributed by atoms with Crippen molar-refractivity contribution in [2.24, 2.45) is 0 Å². The number of esters is 1. The predicted octanol–water partition coefficient (Wildman–Crippen LogP) is 1.83. The van der Waals surface area contributed by atoms with E-state index in [1.807, 2.05) is 12.1 Å². The molecule has 2 aliphatic rings. The van der Waals surface area contributed by atoms with Crippen LogP contribution in [0.15, 0.2) is 18.2 Å². The van der Waals surface area contributed by atoms with E-state index in [1.165, 1.54) is 17.5 Å². The van der Waals surface area contributed by atoms with Crippen molar-refractivity contribution in [2.45, 2.75) is 38.1 Å². The minimum Gasteiger partial charge on any atom is -0.425 e. The molecule has 1 N–H and O–H groups in total. The van der Waals surface area contributed by atoms with E-state index in [2.05, 4.69) is 11.4 Å². The lowest BCUT2D eigenvalue weighted by molar-refractivity contribution is -0.136. The van der Waals surface area contributed by atoms with Crippen molar-refractivity contribution in [3.05, 3.63) is 29.3 Å². The molecule has 0 amide bonds. The zero-order valence-electron chi connectivity index (χ0n) is 9.87. The highest BCUT2D eigenvalue weighted by atomic mass is 16.5. The number of carbonyl (C=O) groups excluding carboxylic acids is 1. The van der Waals surface area contributed by atoms with Crippen molar-refractivity contribution in [1.29, 1.82) is 0 Å². The van der Waals surface area contributed by atoms with Crippen LogP contribution in [-0.2, 0) is 17.6 Å². The maximum Gasteiger partial charge on any atom is 0.328 e. The van der Waals surface area contributed by atoms with Crippen molar-refractivity contribution in [2.75, 3.05) is 6.54 Å². The van der Waals surface area contributed by atoms with Gasteiger partial charge in [0.2, 0.25) is 0 Å². The molecule has 0 bridgehead atoms. The fourth-order valence-corrected chi connectivity index (χ4v) is 2.68. The third kappa shape index (κ3) is 2.20. The molecule has 1 aliphatic carbocycles. The molecule has 0 saturated carbocycles. The highest BCUT2D eigenvalue weighted by Gasteiger charge is 2.24. The largest absolute Gasteiger partial charge is 0.425 e. The standard InChI is InChI=1S/C14H17NO2/c16-14(13-5-2-8-15-13)17-12-7-6-10-3-1-4-11(10)9-12/h6-7,9,13,15H,1-5,8H2. The fraction of sp³-hybridized carbons (Fsp3) is 0.500. The molecule has 1 aromatic rings. The number of carbonyl (C=O) groups is 1. The molecule has 1 atom stereocenters. The first kappa shape index (κ1) is 10.8. The first-order valence-electron chi connectivity index (χ1n) is 6.40. The first-order chi connectivity index (χ1) is 8.33. The van der Waals surface area contributed by atoms with Crippen LogP contribution in [0.5, 0.6) is 5.75 Å². The molecule has 1 heterocycles. The molecule has 1 fully saturated rings. The van der Waals surface area contributed by atoms with Crippen LogP contribution in [0.4, 0.5) is 0 Å². The van der Waals surface area contributed by atoms with Crippen LogP contribution >= 0.6 is 0 Å². The number of hydrogen-bond donors (Lipinski definition) is 1. The summed E-state index contributed by atoms with van der Waals surface area (Å²) in [5, 5.41) is 3.15. The second-order valence-corrected chi connectivity index (χ2v) is 4.85. The Kier molecular flexibility index (Phi) is 2.85. The predicted molar refractivity (Wildman–Crippen MR) is 65.1 cm³/mol. The van der Waals surface area contributed by atoms with Crippen LogP contribution in [0.2, 0.25) is 0 Å². The molecule has 3 heteroatoms. The van der Waals surface area contributed by atoms with Crippen molar-refractivity contribution in [3.63, 3.8) is 0 Å². The molecule has 0 spiro atoms. The van der Waals surface area contributed by atoms with Crippen LogP contribution in [0.25, 0.3) is 0 Å². The normalized spacial score (nSPS) is 22.5. The SMILES string of the molecule is O=C(Oc1ccc2c(c1)CCC2)C1CCCN1. The van der Waals surface area contributed by atoms with Gasteiger partial charge in [-0.1, -0.05) is 6.07 Å². The second kappa shape index (κ2) is 4.49. The topological polar surface area (TPSA) is 38.3 Å². The van der Waals surface area contributed by atoms with E-state index < -0.39 is 0 Å². The van der Waals surface area contributed by atoms with Gasteiger partial charge >= 0.3 is 5.97 Å². The Labute approximate surface area is 101 Å². The lowest BCUT2D eigenvalue weighted by Crippen LogP contribution is -2.34. The Morgan fingerprint density at radius 3 is 2.94 bits per heavy atom. The highest BCUT2D eigenvalue weighted by molar-refractivity contribution is 5.78. The molecule has 3 rings (SSSR count). The Morgan fingerprint density at radius 1 is 1.24 bits per heavy atom. The maximum atomic E-state index is 11.8. The van der Waals surface area contributed by atoms with Gasteiger partial charge in [0, 0.05) is 0 Å². The summed E-state index contributed by atoms with van der Waals surface area (Å²) < 4.78 is 5.42. The Balaban J connectivity index is 1.70. The van der Waals surface area contributed by atoms with Gasteiger partial charge in [-0.3, -0.25) is 0 Å². The van der Waals surface area contributed by atoms with Gasteiger partial charge in [-0.25, -0.2) is 4.79 Å². The van der Waals surface area contributed by atoms with E-state index in [4.69, 9.17) is 4.74 Å². The summed E-state index contributed by atoms with van der Waals surface area (Å²) in [7, 11) is 0. The number of fused-ring (bicyclic) bond motifs is 1. The highest BCUT2D eigenvalue weighted by Crippen LogP contribution is 2.26. The minimum absolute atomic E-state index is 0.108. The smallest absolute Gasteiger partial charge is 0.328 e. The molecule has 1 aliphatic heterocycles. The first-order valence-corrected chi connectivity index (χ1v) is 6.40. The van der Waals surface area contributed by atoms with Crippen molar-refractivity contribution in [1.82, 2.24) is 5.32 Å². The molecule has 1 unspecified atom stereocenters. The van der Waals surface area contributed by atoms with Crippen LogP contribution in [0.3, 0.4) is 0 Å². The summed E-state index contributed by atoms with van der Waals surface area (Å²) in [5.41, 5.74) is 2.75. The van der Waals surface area contributed by atoms with Gasteiger partial charge in [0.25, 0.3) is 0 Å². The average molecular weight is 231 g/mol. The Hall–Kier alpha value is -1.35. The summed E-state index contributed by atoms with van der Waals surface area (Å²) in [6, 6.07) is 5.92. The average Bonchev–Trinajstić information content (AvgIpc) is 2.99. The van der Waals surface area contributed by atoms with E-state index in [-0.39, 0.29) is 12.0 Å². The third-order valence-corrected chi connectivity index (χ3v) is 3.63. The third-order valence-electron chi connectivity index (χ3n) is 3.63. The number of nitrogens with one attached hydrogen (secondary N) is 1. The molecule has 1 saturated heterocycles. The van der Waals surface area contributed by atoms with Crippen LogP contribution in [0, 0.1) is 0 Å². The van der Waals surface area contributed by atoms with E-state index in [9.17, 15) is 4.79 Å². The molecular weight excluding hydrogens is 214 g/mol. The van der Waals surface area contributed by atoms with Gasteiger partial charge in [0.1, 0.15) is 11.8 Å². The van der Waals surface area contributed by atoms with Crippen molar-refractivity contribution < 1.29 is 9.53 Å². The second-order valence-electron chi connectivity index (χ2n) is 4.85.